The minimum absolute atomic E-state index is 0.0881. The normalized spacial score (nSPS) is 16.9. The van der Waals surface area contributed by atoms with Gasteiger partial charge in [0.25, 0.3) is 0 Å². The lowest BCUT2D eigenvalue weighted by atomic mass is 9.88. The van der Waals surface area contributed by atoms with Gasteiger partial charge in [-0.3, -0.25) is 0 Å². The van der Waals surface area contributed by atoms with Crippen LogP contribution < -0.4 is 0 Å². The van der Waals surface area contributed by atoms with Crippen LogP contribution in [-0.2, 0) is 0 Å². The molecule has 0 heterocycles. The molecule has 0 aliphatic heterocycles. The van der Waals surface area contributed by atoms with E-state index in [2.05, 4.69) is 32.7 Å². The van der Waals surface area contributed by atoms with Crippen molar-refractivity contribution < 1.29 is 5.11 Å². The lowest BCUT2D eigenvalue weighted by molar-refractivity contribution is 0.0977. The van der Waals surface area contributed by atoms with E-state index < -0.39 is 0 Å². The largest absolute Gasteiger partial charge is 0.396 e. The van der Waals surface area contributed by atoms with Crippen LogP contribution in [0, 0.1) is 5.41 Å². The summed E-state index contributed by atoms with van der Waals surface area (Å²) in [5.74, 6) is 0. The Morgan fingerprint density at radius 3 is 2.18 bits per heavy atom. The van der Waals surface area contributed by atoms with Crippen molar-refractivity contribution in [2.24, 2.45) is 5.41 Å². The van der Waals surface area contributed by atoms with Crippen molar-refractivity contribution in [2.75, 3.05) is 26.7 Å². The van der Waals surface area contributed by atoms with Gasteiger partial charge in [0, 0.05) is 18.6 Å². The zero-order chi connectivity index (χ0) is 8.91. The van der Waals surface area contributed by atoms with E-state index in [9.17, 15) is 0 Å². The second-order valence-corrected chi connectivity index (χ2v) is 3.65. The van der Waals surface area contributed by atoms with Gasteiger partial charge in [0.05, 0.1) is 0 Å². The first-order chi connectivity index (χ1) is 5.08. The summed E-state index contributed by atoms with van der Waals surface area (Å²) in [5.41, 5.74) is 0.0881. The SMILES string of the molecule is CCN(C)CC(C)(CC)CO. The maximum absolute atomic E-state index is 9.10. The molecule has 0 aliphatic carbocycles. The van der Waals surface area contributed by atoms with Gasteiger partial charge in [0.1, 0.15) is 0 Å². The molecule has 1 N–H and O–H groups in total. The molecule has 0 rings (SSSR count). The Balaban J connectivity index is 3.86. The van der Waals surface area contributed by atoms with E-state index in [1.165, 1.54) is 0 Å². The third-order valence-electron chi connectivity index (χ3n) is 2.43. The fourth-order valence-electron chi connectivity index (χ4n) is 1.04. The van der Waals surface area contributed by atoms with Crippen LogP contribution in [-0.4, -0.2) is 36.8 Å². The second-order valence-electron chi connectivity index (χ2n) is 3.65. The zero-order valence-electron chi connectivity index (χ0n) is 8.22. The molecule has 0 saturated carbocycles. The van der Waals surface area contributed by atoms with Gasteiger partial charge in [-0.05, 0) is 20.0 Å². The maximum Gasteiger partial charge on any atom is 0.0496 e. The van der Waals surface area contributed by atoms with Crippen LogP contribution in [0.3, 0.4) is 0 Å². The topological polar surface area (TPSA) is 23.5 Å². The summed E-state index contributed by atoms with van der Waals surface area (Å²) in [6, 6.07) is 0. The summed E-state index contributed by atoms with van der Waals surface area (Å²) in [6.45, 7) is 8.70. The summed E-state index contributed by atoms with van der Waals surface area (Å²) < 4.78 is 0. The van der Waals surface area contributed by atoms with Crippen molar-refractivity contribution in [3.8, 4) is 0 Å². The van der Waals surface area contributed by atoms with Crippen molar-refractivity contribution in [1.82, 2.24) is 4.90 Å². The quantitative estimate of drug-likeness (QED) is 0.654. The molecule has 0 aliphatic rings. The molecule has 0 aromatic carbocycles. The van der Waals surface area contributed by atoms with Crippen molar-refractivity contribution in [1.29, 1.82) is 0 Å². The number of nitrogens with zero attached hydrogens (tertiary/aromatic N) is 1. The smallest absolute Gasteiger partial charge is 0.0496 e. The molecule has 1 unspecified atom stereocenters. The molecular formula is C9H21NO. The minimum Gasteiger partial charge on any atom is -0.396 e. The minimum atomic E-state index is 0.0881. The molecular weight excluding hydrogens is 138 g/mol. The summed E-state index contributed by atoms with van der Waals surface area (Å²) >= 11 is 0. The summed E-state index contributed by atoms with van der Waals surface area (Å²) in [5, 5.41) is 9.10. The Kier molecular flexibility index (Phi) is 4.69. The summed E-state index contributed by atoms with van der Waals surface area (Å²) in [6.07, 6.45) is 1.04. The Labute approximate surface area is 70.2 Å². The van der Waals surface area contributed by atoms with Crippen LogP contribution >= 0.6 is 0 Å². The first kappa shape index (κ1) is 10.9. The van der Waals surface area contributed by atoms with Crippen LogP contribution in [0.4, 0.5) is 0 Å². The second kappa shape index (κ2) is 4.73. The van der Waals surface area contributed by atoms with E-state index in [1.807, 2.05) is 0 Å². The molecule has 0 amide bonds. The highest BCUT2D eigenvalue weighted by molar-refractivity contribution is 4.74. The molecule has 0 aromatic rings. The van der Waals surface area contributed by atoms with Gasteiger partial charge in [0.2, 0.25) is 0 Å². The van der Waals surface area contributed by atoms with Crippen LogP contribution in [0.1, 0.15) is 27.2 Å². The lowest BCUT2D eigenvalue weighted by Crippen LogP contribution is -2.35. The van der Waals surface area contributed by atoms with Crippen molar-refractivity contribution in [2.45, 2.75) is 27.2 Å². The summed E-state index contributed by atoms with van der Waals surface area (Å²) in [7, 11) is 2.09. The van der Waals surface area contributed by atoms with Gasteiger partial charge < -0.3 is 10.0 Å². The zero-order valence-corrected chi connectivity index (χ0v) is 8.22. The number of aliphatic hydroxyl groups is 1. The van der Waals surface area contributed by atoms with Crippen LogP contribution in [0.2, 0.25) is 0 Å². The lowest BCUT2D eigenvalue weighted by Gasteiger charge is -2.30. The number of rotatable bonds is 5. The van der Waals surface area contributed by atoms with Crippen molar-refractivity contribution >= 4 is 0 Å². The molecule has 68 valence electrons. The van der Waals surface area contributed by atoms with Gasteiger partial charge in [-0.1, -0.05) is 20.8 Å². The Bertz CT molecular complexity index is 99.7. The van der Waals surface area contributed by atoms with E-state index in [0.29, 0.717) is 0 Å². The molecule has 0 radical (unpaired) electrons. The fraction of sp³-hybridized carbons (Fsp3) is 1.00. The molecule has 1 atom stereocenters. The monoisotopic (exact) mass is 159 g/mol. The van der Waals surface area contributed by atoms with E-state index in [1.54, 1.807) is 0 Å². The third-order valence-corrected chi connectivity index (χ3v) is 2.43. The van der Waals surface area contributed by atoms with Gasteiger partial charge in [-0.25, -0.2) is 0 Å². The van der Waals surface area contributed by atoms with Crippen LogP contribution in [0.15, 0.2) is 0 Å². The molecule has 2 heteroatoms. The van der Waals surface area contributed by atoms with E-state index in [0.717, 1.165) is 19.5 Å². The first-order valence-electron chi connectivity index (χ1n) is 4.37. The molecule has 11 heavy (non-hydrogen) atoms. The highest BCUT2D eigenvalue weighted by Crippen LogP contribution is 2.20. The van der Waals surface area contributed by atoms with Gasteiger partial charge >= 0.3 is 0 Å². The van der Waals surface area contributed by atoms with Gasteiger partial charge in [0.15, 0.2) is 0 Å². The van der Waals surface area contributed by atoms with Crippen molar-refractivity contribution in [3.63, 3.8) is 0 Å². The van der Waals surface area contributed by atoms with E-state index >= 15 is 0 Å². The van der Waals surface area contributed by atoms with Crippen LogP contribution in [0.5, 0.6) is 0 Å². The molecule has 2 nitrogen and oxygen atoms in total. The number of hydrogen-bond acceptors (Lipinski definition) is 2. The molecule has 0 bridgehead atoms. The molecule has 0 aromatic heterocycles. The molecule has 0 fully saturated rings. The highest BCUT2D eigenvalue weighted by atomic mass is 16.3. The average molecular weight is 159 g/mol. The fourth-order valence-corrected chi connectivity index (χ4v) is 1.04. The Hall–Kier alpha value is -0.0800. The number of hydrogen-bond donors (Lipinski definition) is 1. The first-order valence-corrected chi connectivity index (χ1v) is 4.37. The predicted molar refractivity (Wildman–Crippen MR) is 48.7 cm³/mol. The maximum atomic E-state index is 9.10. The Morgan fingerprint density at radius 1 is 1.36 bits per heavy atom. The standard InChI is InChI=1S/C9H21NO/c1-5-9(3,8-11)7-10(4)6-2/h11H,5-8H2,1-4H3. The van der Waals surface area contributed by atoms with Crippen molar-refractivity contribution in [3.05, 3.63) is 0 Å². The van der Waals surface area contributed by atoms with Gasteiger partial charge in [-0.15, -0.1) is 0 Å². The molecule has 0 saturated heterocycles. The third kappa shape index (κ3) is 3.73. The van der Waals surface area contributed by atoms with Crippen LogP contribution in [0.25, 0.3) is 0 Å². The summed E-state index contributed by atoms with van der Waals surface area (Å²) in [4.78, 5) is 2.24. The van der Waals surface area contributed by atoms with Gasteiger partial charge in [-0.2, -0.15) is 0 Å². The Morgan fingerprint density at radius 2 is 1.91 bits per heavy atom. The highest BCUT2D eigenvalue weighted by Gasteiger charge is 2.21. The van der Waals surface area contributed by atoms with E-state index in [-0.39, 0.29) is 12.0 Å². The van der Waals surface area contributed by atoms with E-state index in [4.69, 9.17) is 5.11 Å². The predicted octanol–water partition coefficient (Wildman–Crippen LogP) is 1.35. The molecule has 0 spiro atoms. The number of aliphatic hydroxyl groups excluding tert-OH is 1. The average Bonchev–Trinajstić information content (AvgIpc) is 2.04.